The van der Waals surface area contributed by atoms with Gasteiger partial charge >= 0.3 is 0 Å². The zero-order valence-electron chi connectivity index (χ0n) is 11.1. The number of nitrogens with zero attached hydrogens (tertiary/aromatic N) is 1. The van der Waals surface area contributed by atoms with Crippen LogP contribution >= 0.6 is 11.8 Å². The van der Waals surface area contributed by atoms with Crippen LogP contribution in [0.4, 0.5) is 5.69 Å². The van der Waals surface area contributed by atoms with E-state index in [4.69, 9.17) is 10.5 Å². The molecule has 0 fully saturated rings. The highest BCUT2D eigenvalue weighted by Gasteiger charge is 2.11. The molecule has 0 aromatic heterocycles. The Balaban J connectivity index is 3.29. The van der Waals surface area contributed by atoms with E-state index in [0.29, 0.717) is 11.1 Å². The number of hydrogen-bond acceptors (Lipinski definition) is 3. The van der Waals surface area contributed by atoms with Crippen LogP contribution in [0, 0.1) is 6.92 Å². The molecule has 0 aliphatic carbocycles. The third-order valence-electron chi connectivity index (χ3n) is 2.61. The van der Waals surface area contributed by atoms with Gasteiger partial charge in [-0.3, -0.25) is 0 Å². The van der Waals surface area contributed by atoms with Crippen LogP contribution in [0.3, 0.4) is 0 Å². The monoisotopic (exact) mass is 252 g/mol. The second-order valence-electron chi connectivity index (χ2n) is 4.19. The maximum atomic E-state index is 5.75. The molecule has 0 aliphatic heterocycles. The molecule has 0 amide bonds. The van der Waals surface area contributed by atoms with Gasteiger partial charge in [-0.2, -0.15) is 0 Å². The molecule has 0 spiro atoms. The van der Waals surface area contributed by atoms with Gasteiger partial charge in [0.2, 0.25) is 0 Å². The fraction of sp³-hybridized carbons (Fsp3) is 0.462. The highest BCUT2D eigenvalue weighted by atomic mass is 32.2. The van der Waals surface area contributed by atoms with Crippen LogP contribution in [0.5, 0.6) is 5.75 Å². The summed E-state index contributed by atoms with van der Waals surface area (Å²) < 4.78 is 5.39. The second-order valence-corrected chi connectivity index (χ2v) is 5.02. The molecule has 0 saturated heterocycles. The van der Waals surface area contributed by atoms with Crippen LogP contribution in [-0.4, -0.2) is 18.5 Å². The molecule has 1 rings (SSSR count). The van der Waals surface area contributed by atoms with E-state index in [2.05, 4.69) is 24.9 Å². The van der Waals surface area contributed by atoms with E-state index in [1.165, 1.54) is 11.8 Å². The number of ether oxygens (including phenoxy) is 1. The largest absolute Gasteiger partial charge is 0.496 e. The van der Waals surface area contributed by atoms with Crippen LogP contribution in [0.1, 0.15) is 30.9 Å². The summed E-state index contributed by atoms with van der Waals surface area (Å²) in [5.41, 5.74) is 8.90. The molecular weight excluding hydrogens is 232 g/mol. The van der Waals surface area contributed by atoms with Crippen molar-refractivity contribution in [1.82, 2.24) is 0 Å². The lowest BCUT2D eigenvalue weighted by molar-refractivity contribution is 0.407. The van der Waals surface area contributed by atoms with Gasteiger partial charge in [0, 0.05) is 0 Å². The molecule has 0 atom stereocenters. The maximum Gasteiger partial charge on any atom is 0.158 e. The van der Waals surface area contributed by atoms with Gasteiger partial charge in [-0.1, -0.05) is 25.6 Å². The summed E-state index contributed by atoms with van der Waals surface area (Å²) in [6.07, 6.45) is 1.92. The fourth-order valence-corrected chi connectivity index (χ4v) is 1.79. The first-order valence-corrected chi connectivity index (χ1v) is 6.78. The maximum absolute atomic E-state index is 5.75. The Morgan fingerprint density at radius 2 is 2.06 bits per heavy atom. The molecule has 0 radical (unpaired) electrons. The zero-order valence-corrected chi connectivity index (χ0v) is 11.9. The van der Waals surface area contributed by atoms with E-state index in [1.807, 2.05) is 19.2 Å². The lowest BCUT2D eigenvalue weighted by atomic mass is 9.99. The summed E-state index contributed by atoms with van der Waals surface area (Å²) in [7, 11) is 1.69. The van der Waals surface area contributed by atoms with Crippen LogP contribution in [0.25, 0.3) is 0 Å². The van der Waals surface area contributed by atoms with Gasteiger partial charge in [-0.05, 0) is 42.4 Å². The SMILES string of the molecule is COc1cc(C)c(N=C(N)SC)cc1C(C)C. The normalized spacial score (nSPS) is 12.0. The summed E-state index contributed by atoms with van der Waals surface area (Å²) in [5.74, 6) is 1.31. The molecule has 4 heteroatoms. The molecule has 2 N–H and O–H groups in total. The van der Waals surface area contributed by atoms with E-state index in [1.54, 1.807) is 7.11 Å². The van der Waals surface area contributed by atoms with Gasteiger partial charge in [0.25, 0.3) is 0 Å². The molecule has 0 aliphatic rings. The quantitative estimate of drug-likeness (QED) is 0.662. The molecule has 94 valence electrons. The van der Waals surface area contributed by atoms with Crippen molar-refractivity contribution in [3.05, 3.63) is 23.3 Å². The van der Waals surface area contributed by atoms with Crippen molar-refractivity contribution in [3.63, 3.8) is 0 Å². The van der Waals surface area contributed by atoms with E-state index in [9.17, 15) is 0 Å². The van der Waals surface area contributed by atoms with E-state index in [0.717, 1.165) is 22.6 Å². The Labute approximate surface area is 107 Å². The van der Waals surface area contributed by atoms with Crippen molar-refractivity contribution >= 4 is 22.6 Å². The Morgan fingerprint density at radius 3 is 2.53 bits per heavy atom. The third-order valence-corrected chi connectivity index (χ3v) is 3.12. The first-order chi connectivity index (χ1) is 7.99. The molecule has 3 nitrogen and oxygen atoms in total. The minimum Gasteiger partial charge on any atom is -0.496 e. The van der Waals surface area contributed by atoms with Crippen molar-refractivity contribution < 1.29 is 4.74 Å². The van der Waals surface area contributed by atoms with Crippen molar-refractivity contribution in [2.24, 2.45) is 10.7 Å². The Hall–Kier alpha value is -1.16. The van der Waals surface area contributed by atoms with Gasteiger partial charge in [0.05, 0.1) is 12.8 Å². The average molecular weight is 252 g/mol. The molecule has 1 aromatic carbocycles. The Kier molecular flexibility index (Phi) is 4.87. The number of benzene rings is 1. The van der Waals surface area contributed by atoms with Gasteiger partial charge in [0.15, 0.2) is 5.17 Å². The fourth-order valence-electron chi connectivity index (χ4n) is 1.60. The predicted molar refractivity (Wildman–Crippen MR) is 76.6 cm³/mol. The lowest BCUT2D eigenvalue weighted by Crippen LogP contribution is -2.05. The topological polar surface area (TPSA) is 47.6 Å². The van der Waals surface area contributed by atoms with Crippen LogP contribution in [0.15, 0.2) is 17.1 Å². The molecular formula is C13H20N2OS. The highest BCUT2D eigenvalue weighted by molar-refractivity contribution is 8.13. The Bertz CT molecular complexity index is 428. The molecule has 0 heterocycles. The van der Waals surface area contributed by atoms with Crippen molar-refractivity contribution in [1.29, 1.82) is 0 Å². The lowest BCUT2D eigenvalue weighted by Gasteiger charge is -2.14. The van der Waals surface area contributed by atoms with Crippen LogP contribution < -0.4 is 10.5 Å². The van der Waals surface area contributed by atoms with Gasteiger partial charge in [-0.15, -0.1) is 0 Å². The van der Waals surface area contributed by atoms with Crippen molar-refractivity contribution in [3.8, 4) is 5.75 Å². The molecule has 1 aromatic rings. The third kappa shape index (κ3) is 3.40. The van der Waals surface area contributed by atoms with Crippen LogP contribution in [-0.2, 0) is 0 Å². The number of hydrogen-bond donors (Lipinski definition) is 1. The minimum absolute atomic E-state index is 0.398. The van der Waals surface area contributed by atoms with E-state index < -0.39 is 0 Å². The van der Waals surface area contributed by atoms with E-state index in [-0.39, 0.29) is 0 Å². The van der Waals surface area contributed by atoms with Gasteiger partial charge < -0.3 is 10.5 Å². The number of rotatable bonds is 3. The van der Waals surface area contributed by atoms with Crippen molar-refractivity contribution in [2.45, 2.75) is 26.7 Å². The first-order valence-electron chi connectivity index (χ1n) is 5.56. The van der Waals surface area contributed by atoms with Crippen molar-refractivity contribution in [2.75, 3.05) is 13.4 Å². The standard InChI is InChI=1S/C13H20N2OS/c1-8(2)10-7-11(15-13(14)17-5)9(3)6-12(10)16-4/h6-8H,1-5H3,(H2,14,15). The Morgan fingerprint density at radius 1 is 1.41 bits per heavy atom. The minimum atomic E-state index is 0.398. The first kappa shape index (κ1) is 13.9. The molecule has 0 saturated carbocycles. The average Bonchev–Trinajstić information content (AvgIpc) is 2.30. The summed E-state index contributed by atoms with van der Waals surface area (Å²) in [6, 6.07) is 4.07. The molecule has 0 unspecified atom stereocenters. The second kappa shape index (κ2) is 5.96. The van der Waals surface area contributed by atoms with E-state index >= 15 is 0 Å². The number of aryl methyl sites for hydroxylation is 1. The summed E-state index contributed by atoms with van der Waals surface area (Å²) in [5, 5.41) is 0.577. The molecule has 17 heavy (non-hydrogen) atoms. The number of thioether (sulfide) groups is 1. The van der Waals surface area contributed by atoms with Gasteiger partial charge in [-0.25, -0.2) is 4.99 Å². The highest BCUT2D eigenvalue weighted by Crippen LogP contribution is 2.33. The smallest absolute Gasteiger partial charge is 0.158 e. The van der Waals surface area contributed by atoms with Gasteiger partial charge in [0.1, 0.15) is 5.75 Å². The predicted octanol–water partition coefficient (Wildman–Crippen LogP) is 3.44. The zero-order chi connectivity index (χ0) is 13.0. The number of aliphatic imine (C=N–C) groups is 1. The number of methoxy groups -OCH3 is 1. The number of nitrogens with two attached hydrogens (primary N) is 1. The van der Waals surface area contributed by atoms with Crippen LogP contribution in [0.2, 0.25) is 0 Å². The number of amidine groups is 1. The summed E-state index contributed by atoms with van der Waals surface area (Å²) in [6.45, 7) is 6.29. The summed E-state index contributed by atoms with van der Waals surface area (Å²) in [4.78, 5) is 4.40. The summed E-state index contributed by atoms with van der Waals surface area (Å²) >= 11 is 1.45. The molecule has 0 bridgehead atoms.